The van der Waals surface area contributed by atoms with E-state index in [2.05, 4.69) is 20.0 Å². The molecule has 0 radical (unpaired) electrons. The molecule has 0 aromatic carbocycles. The monoisotopic (exact) mass is 403 g/mol. The zero-order valence-electron chi connectivity index (χ0n) is 15.8. The lowest BCUT2D eigenvalue weighted by Gasteiger charge is -2.24. The number of nitrogens with zero attached hydrogens (tertiary/aromatic N) is 3. The maximum Gasteiger partial charge on any atom is 0.342 e. The van der Waals surface area contributed by atoms with Crippen LogP contribution in [-0.4, -0.2) is 51.9 Å². The van der Waals surface area contributed by atoms with Gasteiger partial charge in [-0.05, 0) is 50.4 Å². The number of amides is 3. The maximum atomic E-state index is 12.8. The molecule has 0 spiro atoms. The van der Waals surface area contributed by atoms with E-state index in [1.54, 1.807) is 19.1 Å². The van der Waals surface area contributed by atoms with Crippen LogP contribution in [0.15, 0.2) is 18.2 Å². The first kappa shape index (κ1) is 19.7. The fourth-order valence-corrected chi connectivity index (χ4v) is 3.85. The molecule has 9 nitrogen and oxygen atoms in total. The molecule has 0 bridgehead atoms. The molecule has 0 aliphatic carbocycles. The van der Waals surface area contributed by atoms with Crippen LogP contribution in [0.3, 0.4) is 0 Å². The maximum absolute atomic E-state index is 12.8. The fraction of sp³-hybridized carbons (Fsp3) is 0.389. The third-order valence-electron chi connectivity index (χ3n) is 4.43. The van der Waals surface area contributed by atoms with Crippen molar-refractivity contribution in [3.8, 4) is 0 Å². The predicted molar refractivity (Wildman–Crippen MR) is 105 cm³/mol. The van der Waals surface area contributed by atoms with Crippen molar-refractivity contribution in [2.75, 3.05) is 24.3 Å². The molecule has 2 aromatic heterocycles. The van der Waals surface area contributed by atoms with E-state index in [0.717, 1.165) is 17.2 Å². The van der Waals surface area contributed by atoms with E-state index < -0.39 is 18.0 Å². The van der Waals surface area contributed by atoms with Gasteiger partial charge in [0, 0.05) is 12.2 Å². The van der Waals surface area contributed by atoms with Gasteiger partial charge in [-0.2, -0.15) is 4.37 Å². The molecule has 1 aliphatic rings. The Bertz CT molecular complexity index is 913. The molecule has 0 unspecified atom stereocenters. The van der Waals surface area contributed by atoms with Gasteiger partial charge in [-0.1, -0.05) is 6.07 Å². The van der Waals surface area contributed by atoms with E-state index in [0.29, 0.717) is 35.9 Å². The Morgan fingerprint density at radius 1 is 1.25 bits per heavy atom. The number of urea groups is 1. The Morgan fingerprint density at radius 2 is 2.04 bits per heavy atom. The summed E-state index contributed by atoms with van der Waals surface area (Å²) in [6.45, 7) is 3.94. The van der Waals surface area contributed by atoms with Gasteiger partial charge in [-0.15, -0.1) is 0 Å². The molecular formula is C18H21N5O4S. The van der Waals surface area contributed by atoms with Gasteiger partial charge in [-0.25, -0.2) is 14.6 Å². The summed E-state index contributed by atoms with van der Waals surface area (Å²) in [4.78, 5) is 43.1. The van der Waals surface area contributed by atoms with Crippen LogP contribution in [0.2, 0.25) is 0 Å². The molecule has 1 fully saturated rings. The van der Waals surface area contributed by atoms with Gasteiger partial charge in [0.2, 0.25) is 5.91 Å². The standard InChI is InChI=1S/C18H21N5O4S/c1-10-6-4-8-13(19-10)20-15(24)12-7-5-9-23(12)18(26)21-16-14(17(25)27-3)11(2)22-28-16/h4,6,8,12H,5,7,9H2,1-3H3,(H,21,26)(H,19,20,24)/t12-/m0/s1. The molecule has 3 heterocycles. The highest BCUT2D eigenvalue weighted by atomic mass is 32.1. The van der Waals surface area contributed by atoms with E-state index in [-0.39, 0.29) is 11.5 Å². The number of esters is 1. The van der Waals surface area contributed by atoms with Crippen molar-refractivity contribution in [2.24, 2.45) is 0 Å². The second-order valence-corrected chi connectivity index (χ2v) is 7.17. The number of nitrogens with one attached hydrogen (secondary N) is 2. The molecule has 3 amide bonds. The van der Waals surface area contributed by atoms with Crippen LogP contribution in [0, 0.1) is 13.8 Å². The number of aromatic nitrogens is 2. The number of methoxy groups -OCH3 is 1. The van der Waals surface area contributed by atoms with Crippen molar-refractivity contribution in [1.82, 2.24) is 14.3 Å². The highest BCUT2D eigenvalue weighted by Crippen LogP contribution is 2.27. The Hall–Kier alpha value is -3.01. The van der Waals surface area contributed by atoms with Crippen LogP contribution in [0.4, 0.5) is 15.6 Å². The minimum absolute atomic E-state index is 0.227. The quantitative estimate of drug-likeness (QED) is 0.759. The van der Waals surface area contributed by atoms with Gasteiger partial charge in [0.1, 0.15) is 22.4 Å². The summed E-state index contributed by atoms with van der Waals surface area (Å²) in [6, 6.07) is 4.27. The number of ether oxygens (including phenoxy) is 1. The van der Waals surface area contributed by atoms with Crippen LogP contribution >= 0.6 is 11.5 Å². The van der Waals surface area contributed by atoms with Crippen molar-refractivity contribution in [2.45, 2.75) is 32.7 Å². The number of hydrogen-bond acceptors (Lipinski definition) is 7. The number of hydrogen-bond donors (Lipinski definition) is 2. The lowest BCUT2D eigenvalue weighted by atomic mass is 10.2. The number of likely N-dealkylation sites (tertiary alicyclic amines) is 1. The van der Waals surface area contributed by atoms with Gasteiger partial charge in [0.25, 0.3) is 0 Å². The van der Waals surface area contributed by atoms with Gasteiger partial charge >= 0.3 is 12.0 Å². The second kappa shape index (κ2) is 8.34. The van der Waals surface area contributed by atoms with Crippen LogP contribution in [0.5, 0.6) is 0 Å². The average molecular weight is 403 g/mol. The summed E-state index contributed by atoms with van der Waals surface area (Å²) >= 11 is 1.00. The molecule has 1 atom stereocenters. The van der Waals surface area contributed by atoms with E-state index in [1.807, 2.05) is 13.0 Å². The number of carbonyl (C=O) groups excluding carboxylic acids is 3. The van der Waals surface area contributed by atoms with E-state index >= 15 is 0 Å². The van der Waals surface area contributed by atoms with Gasteiger partial charge < -0.3 is 15.0 Å². The average Bonchev–Trinajstić information content (AvgIpc) is 3.28. The van der Waals surface area contributed by atoms with E-state index in [4.69, 9.17) is 4.74 Å². The van der Waals surface area contributed by atoms with E-state index in [9.17, 15) is 14.4 Å². The Kier molecular flexibility index (Phi) is 5.88. The van der Waals surface area contributed by atoms with E-state index in [1.165, 1.54) is 12.0 Å². The number of pyridine rings is 1. The third-order valence-corrected chi connectivity index (χ3v) is 5.28. The Morgan fingerprint density at radius 3 is 2.75 bits per heavy atom. The highest BCUT2D eigenvalue weighted by Gasteiger charge is 2.35. The number of anilines is 2. The summed E-state index contributed by atoms with van der Waals surface area (Å²) < 4.78 is 8.85. The van der Waals surface area contributed by atoms with Gasteiger partial charge in [0.15, 0.2) is 0 Å². The summed E-state index contributed by atoms with van der Waals surface area (Å²) in [5, 5.41) is 5.76. The molecule has 2 N–H and O–H groups in total. The summed E-state index contributed by atoms with van der Waals surface area (Å²) in [5.41, 5.74) is 1.49. The molecule has 0 saturated carbocycles. The van der Waals surface area contributed by atoms with Crippen molar-refractivity contribution in [3.63, 3.8) is 0 Å². The van der Waals surface area contributed by atoms with Crippen LogP contribution < -0.4 is 10.6 Å². The van der Waals surface area contributed by atoms with Crippen LogP contribution in [0.25, 0.3) is 0 Å². The minimum atomic E-state index is -0.613. The van der Waals surface area contributed by atoms with Gasteiger partial charge in [0.05, 0.1) is 12.8 Å². The van der Waals surface area contributed by atoms with Crippen molar-refractivity contribution in [1.29, 1.82) is 0 Å². The molecule has 2 aromatic rings. The Balaban J connectivity index is 1.71. The molecule has 10 heteroatoms. The predicted octanol–water partition coefficient (Wildman–Crippen LogP) is 2.58. The highest BCUT2D eigenvalue weighted by molar-refractivity contribution is 7.11. The topological polar surface area (TPSA) is 114 Å². The molecule has 3 rings (SSSR count). The first-order chi connectivity index (χ1) is 13.4. The smallest absolute Gasteiger partial charge is 0.342 e. The summed E-state index contributed by atoms with van der Waals surface area (Å²) in [6.07, 6.45) is 1.26. The molecule has 1 saturated heterocycles. The normalized spacial score (nSPS) is 16.0. The minimum Gasteiger partial charge on any atom is -0.465 e. The number of aryl methyl sites for hydroxylation is 2. The number of rotatable bonds is 4. The van der Waals surface area contributed by atoms with Crippen molar-refractivity contribution < 1.29 is 19.1 Å². The summed E-state index contributed by atoms with van der Waals surface area (Å²) in [5.74, 6) is -0.412. The largest absolute Gasteiger partial charge is 0.465 e. The lowest BCUT2D eigenvalue weighted by molar-refractivity contribution is -0.119. The fourth-order valence-electron chi connectivity index (χ4n) is 3.07. The molecule has 28 heavy (non-hydrogen) atoms. The van der Waals surface area contributed by atoms with Gasteiger partial charge in [-0.3, -0.25) is 10.1 Å². The summed E-state index contributed by atoms with van der Waals surface area (Å²) in [7, 11) is 1.27. The molecule has 148 valence electrons. The van der Waals surface area contributed by atoms with Crippen molar-refractivity contribution >= 4 is 40.3 Å². The first-order valence-electron chi connectivity index (χ1n) is 8.77. The first-order valence-corrected chi connectivity index (χ1v) is 9.54. The SMILES string of the molecule is COC(=O)c1c(C)nsc1NC(=O)N1CCC[C@H]1C(=O)Nc1cccc(C)n1. The van der Waals surface area contributed by atoms with Crippen LogP contribution in [-0.2, 0) is 9.53 Å². The third kappa shape index (κ3) is 4.11. The Labute approximate surface area is 166 Å². The van der Waals surface area contributed by atoms with Crippen molar-refractivity contribution in [3.05, 3.63) is 35.2 Å². The zero-order chi connectivity index (χ0) is 20.3. The second-order valence-electron chi connectivity index (χ2n) is 6.40. The zero-order valence-corrected chi connectivity index (χ0v) is 16.6. The number of carbonyl (C=O) groups is 3. The van der Waals surface area contributed by atoms with Crippen LogP contribution in [0.1, 0.15) is 34.6 Å². The lowest BCUT2D eigenvalue weighted by Crippen LogP contribution is -2.45. The molecule has 1 aliphatic heterocycles. The molecular weight excluding hydrogens is 382 g/mol.